The summed E-state index contributed by atoms with van der Waals surface area (Å²) in [5.41, 5.74) is 1.21. The Balaban J connectivity index is 1.63. The van der Waals surface area contributed by atoms with Crippen molar-refractivity contribution >= 4 is 17.5 Å². The molecule has 2 N–H and O–H groups in total. The van der Waals surface area contributed by atoms with Crippen LogP contribution in [0.4, 0.5) is 0 Å². The van der Waals surface area contributed by atoms with Crippen molar-refractivity contribution in [1.29, 1.82) is 0 Å². The zero-order chi connectivity index (χ0) is 19.1. The van der Waals surface area contributed by atoms with Crippen LogP contribution in [-0.4, -0.2) is 42.0 Å². The molecule has 1 aromatic carbocycles. The summed E-state index contributed by atoms with van der Waals surface area (Å²) in [7, 11) is 0. The molecule has 2 aliphatic rings. The summed E-state index contributed by atoms with van der Waals surface area (Å²) in [5, 5.41) is 7.67. The van der Waals surface area contributed by atoms with Gasteiger partial charge in [-0.2, -0.15) is 0 Å². The standard InChI is InChI=1S/C22H34ClN3O/c1-2-24-22(27)21-14-20(25-19-8-6-4-3-5-7-9-19)16-26(21)15-17-10-12-18(23)13-11-17/h10-13,19-21,25H,2-9,14-16H2,1H3,(H,24,27)/t20-,21-/m0/s1. The minimum atomic E-state index is -0.0494. The van der Waals surface area contributed by atoms with Gasteiger partial charge in [0.1, 0.15) is 0 Å². The van der Waals surface area contributed by atoms with Crippen LogP contribution in [0.2, 0.25) is 5.02 Å². The molecule has 150 valence electrons. The van der Waals surface area contributed by atoms with Crippen molar-refractivity contribution in [3.63, 3.8) is 0 Å². The van der Waals surface area contributed by atoms with Crippen LogP contribution < -0.4 is 10.6 Å². The highest BCUT2D eigenvalue weighted by molar-refractivity contribution is 6.30. The first-order valence-electron chi connectivity index (χ1n) is 10.7. The molecule has 3 rings (SSSR count). The number of likely N-dealkylation sites (tertiary alicyclic amines) is 1. The third-order valence-electron chi connectivity index (χ3n) is 5.93. The molecule has 1 aromatic rings. The molecule has 0 spiro atoms. The van der Waals surface area contributed by atoms with Gasteiger partial charge >= 0.3 is 0 Å². The Morgan fingerprint density at radius 3 is 2.41 bits per heavy atom. The highest BCUT2D eigenvalue weighted by Crippen LogP contribution is 2.24. The van der Waals surface area contributed by atoms with E-state index in [-0.39, 0.29) is 11.9 Å². The van der Waals surface area contributed by atoms with E-state index in [0.717, 1.165) is 24.5 Å². The van der Waals surface area contributed by atoms with Crippen molar-refractivity contribution < 1.29 is 4.79 Å². The lowest BCUT2D eigenvalue weighted by atomic mass is 9.96. The fourth-order valence-corrected chi connectivity index (χ4v) is 4.67. The van der Waals surface area contributed by atoms with Crippen molar-refractivity contribution in [2.24, 2.45) is 0 Å². The zero-order valence-corrected chi connectivity index (χ0v) is 17.3. The number of benzene rings is 1. The van der Waals surface area contributed by atoms with E-state index in [9.17, 15) is 4.79 Å². The molecule has 1 aliphatic heterocycles. The van der Waals surface area contributed by atoms with Crippen molar-refractivity contribution in [1.82, 2.24) is 15.5 Å². The molecule has 0 radical (unpaired) electrons. The molecule has 1 heterocycles. The molecule has 27 heavy (non-hydrogen) atoms. The summed E-state index contributed by atoms with van der Waals surface area (Å²) >= 11 is 6.02. The van der Waals surface area contributed by atoms with Crippen LogP contribution in [0.1, 0.15) is 63.9 Å². The molecule has 2 fully saturated rings. The first-order valence-corrected chi connectivity index (χ1v) is 11.1. The molecule has 4 nitrogen and oxygen atoms in total. The summed E-state index contributed by atoms with van der Waals surface area (Å²) in [6, 6.07) is 8.94. The predicted molar refractivity (Wildman–Crippen MR) is 112 cm³/mol. The number of carbonyl (C=O) groups excluding carboxylic acids is 1. The van der Waals surface area contributed by atoms with Crippen LogP contribution in [0.15, 0.2) is 24.3 Å². The van der Waals surface area contributed by atoms with Gasteiger partial charge in [0.05, 0.1) is 6.04 Å². The number of hydrogen-bond acceptors (Lipinski definition) is 3. The lowest BCUT2D eigenvalue weighted by Gasteiger charge is -2.25. The highest BCUT2D eigenvalue weighted by atomic mass is 35.5. The molecule has 0 unspecified atom stereocenters. The number of hydrogen-bond donors (Lipinski definition) is 2. The number of likely N-dealkylation sites (N-methyl/N-ethyl adjacent to an activating group) is 1. The summed E-state index contributed by atoms with van der Waals surface area (Å²) in [6.07, 6.45) is 10.2. The maximum atomic E-state index is 12.6. The van der Waals surface area contributed by atoms with E-state index < -0.39 is 0 Å². The van der Waals surface area contributed by atoms with Gasteiger partial charge in [-0.25, -0.2) is 0 Å². The fraction of sp³-hybridized carbons (Fsp3) is 0.682. The molecule has 0 aromatic heterocycles. The normalized spacial score (nSPS) is 25.1. The summed E-state index contributed by atoms with van der Waals surface area (Å²) in [6.45, 7) is 4.40. The largest absolute Gasteiger partial charge is 0.355 e. The van der Waals surface area contributed by atoms with Gasteiger partial charge in [0.25, 0.3) is 0 Å². The number of nitrogens with zero attached hydrogens (tertiary/aromatic N) is 1. The van der Waals surface area contributed by atoms with Gasteiger partial charge in [-0.15, -0.1) is 0 Å². The van der Waals surface area contributed by atoms with Gasteiger partial charge in [0.15, 0.2) is 0 Å². The Labute approximate surface area is 169 Å². The van der Waals surface area contributed by atoms with Gasteiger partial charge in [-0.05, 0) is 43.9 Å². The second-order valence-corrected chi connectivity index (χ2v) is 8.54. The smallest absolute Gasteiger partial charge is 0.237 e. The molecule has 1 aliphatic carbocycles. The second-order valence-electron chi connectivity index (χ2n) is 8.11. The van der Waals surface area contributed by atoms with Crippen LogP contribution in [0.25, 0.3) is 0 Å². The fourth-order valence-electron chi connectivity index (χ4n) is 4.54. The molecular weight excluding hydrogens is 358 g/mol. The monoisotopic (exact) mass is 391 g/mol. The van der Waals surface area contributed by atoms with E-state index in [1.54, 1.807) is 0 Å². The van der Waals surface area contributed by atoms with Gasteiger partial charge in [0.2, 0.25) is 5.91 Å². The molecule has 5 heteroatoms. The molecule has 1 saturated carbocycles. The summed E-state index contributed by atoms with van der Waals surface area (Å²) in [5.74, 6) is 0.161. The molecular formula is C22H34ClN3O. The van der Waals surface area contributed by atoms with Crippen molar-refractivity contribution in [3.8, 4) is 0 Å². The van der Waals surface area contributed by atoms with Crippen molar-refractivity contribution in [2.45, 2.75) is 83.0 Å². The Hall–Kier alpha value is -1.10. The average molecular weight is 392 g/mol. The number of halogens is 1. The topological polar surface area (TPSA) is 44.4 Å². The lowest BCUT2D eigenvalue weighted by Crippen LogP contribution is -2.42. The van der Waals surface area contributed by atoms with Gasteiger partial charge in [-0.3, -0.25) is 9.69 Å². The number of nitrogens with one attached hydrogen (secondary N) is 2. The minimum absolute atomic E-state index is 0.0494. The van der Waals surface area contributed by atoms with Crippen molar-refractivity contribution in [2.75, 3.05) is 13.1 Å². The van der Waals surface area contributed by atoms with Crippen LogP contribution >= 0.6 is 11.6 Å². The van der Waals surface area contributed by atoms with E-state index in [2.05, 4.69) is 27.7 Å². The van der Waals surface area contributed by atoms with E-state index in [1.807, 2.05) is 19.1 Å². The van der Waals surface area contributed by atoms with E-state index in [0.29, 0.717) is 18.6 Å². The number of amides is 1. The summed E-state index contributed by atoms with van der Waals surface area (Å²) in [4.78, 5) is 15.0. The van der Waals surface area contributed by atoms with Crippen molar-refractivity contribution in [3.05, 3.63) is 34.9 Å². The Morgan fingerprint density at radius 2 is 1.74 bits per heavy atom. The van der Waals surface area contributed by atoms with E-state index in [4.69, 9.17) is 11.6 Å². The Bertz CT molecular complexity index is 584. The Kier molecular flexibility index (Phi) is 7.98. The van der Waals surface area contributed by atoms with Gasteiger partial charge < -0.3 is 10.6 Å². The first-order chi connectivity index (χ1) is 13.2. The number of rotatable bonds is 6. The molecule has 0 bridgehead atoms. The van der Waals surface area contributed by atoms with Crippen LogP contribution in [-0.2, 0) is 11.3 Å². The minimum Gasteiger partial charge on any atom is -0.355 e. The second kappa shape index (κ2) is 10.4. The van der Waals surface area contributed by atoms with Crippen LogP contribution in [0.3, 0.4) is 0 Å². The number of carbonyl (C=O) groups is 1. The maximum Gasteiger partial charge on any atom is 0.237 e. The molecule has 2 atom stereocenters. The average Bonchev–Trinajstić information content (AvgIpc) is 3.02. The van der Waals surface area contributed by atoms with Crippen LogP contribution in [0.5, 0.6) is 0 Å². The highest BCUT2D eigenvalue weighted by Gasteiger charge is 2.37. The SMILES string of the molecule is CCNC(=O)[C@@H]1C[C@H](NC2CCCCCCC2)CN1Cc1ccc(Cl)cc1. The third-order valence-corrected chi connectivity index (χ3v) is 6.18. The van der Waals surface area contributed by atoms with Gasteiger partial charge in [0, 0.05) is 36.7 Å². The van der Waals surface area contributed by atoms with E-state index in [1.165, 1.54) is 50.5 Å². The lowest BCUT2D eigenvalue weighted by molar-refractivity contribution is -0.125. The molecule has 1 amide bonds. The quantitative estimate of drug-likeness (QED) is 0.766. The van der Waals surface area contributed by atoms with Crippen LogP contribution in [0, 0.1) is 0 Å². The van der Waals surface area contributed by atoms with E-state index >= 15 is 0 Å². The van der Waals surface area contributed by atoms with Gasteiger partial charge in [-0.1, -0.05) is 55.8 Å². The summed E-state index contributed by atoms with van der Waals surface area (Å²) < 4.78 is 0. The first kappa shape index (κ1) is 20.6. The predicted octanol–water partition coefficient (Wildman–Crippen LogP) is 4.12. The maximum absolute atomic E-state index is 12.6. The Morgan fingerprint density at radius 1 is 1.07 bits per heavy atom. The third kappa shape index (κ3) is 6.20. The molecule has 1 saturated heterocycles. The zero-order valence-electron chi connectivity index (χ0n) is 16.6.